The number of halogens is 1. The summed E-state index contributed by atoms with van der Waals surface area (Å²) in [7, 11) is 1.65. The summed E-state index contributed by atoms with van der Waals surface area (Å²) < 4.78 is 11.5. The summed E-state index contributed by atoms with van der Waals surface area (Å²) >= 11 is 5.98. The second-order valence-corrected chi connectivity index (χ2v) is 9.64. The first-order chi connectivity index (χ1) is 14.8. The lowest BCUT2D eigenvalue weighted by molar-refractivity contribution is -0.127. The third-order valence-electron chi connectivity index (χ3n) is 6.27. The maximum atomic E-state index is 13.1. The van der Waals surface area contributed by atoms with Crippen LogP contribution >= 0.6 is 11.6 Å². The van der Waals surface area contributed by atoms with Gasteiger partial charge in [0.05, 0.1) is 13.2 Å². The molecule has 166 valence electrons. The van der Waals surface area contributed by atoms with Gasteiger partial charge < -0.3 is 14.8 Å². The van der Waals surface area contributed by atoms with Gasteiger partial charge in [0.1, 0.15) is 17.1 Å². The van der Waals surface area contributed by atoms with E-state index in [4.69, 9.17) is 21.1 Å². The third-order valence-corrected chi connectivity index (χ3v) is 6.52. The van der Waals surface area contributed by atoms with E-state index in [1.54, 1.807) is 7.11 Å². The van der Waals surface area contributed by atoms with Crippen LogP contribution in [0.2, 0.25) is 5.02 Å². The number of carbonyl (C=O) groups excluding carboxylic acids is 1. The van der Waals surface area contributed by atoms with Crippen LogP contribution in [0.3, 0.4) is 0 Å². The maximum absolute atomic E-state index is 13.1. The Bertz CT molecular complexity index is 921. The van der Waals surface area contributed by atoms with Crippen molar-refractivity contribution in [1.29, 1.82) is 0 Å². The van der Waals surface area contributed by atoms with Crippen molar-refractivity contribution >= 4 is 17.5 Å². The Morgan fingerprint density at radius 2 is 1.90 bits per heavy atom. The van der Waals surface area contributed by atoms with Crippen LogP contribution in [0.15, 0.2) is 42.5 Å². The number of hydrogen-bond donors (Lipinski definition) is 1. The van der Waals surface area contributed by atoms with E-state index in [2.05, 4.69) is 36.2 Å². The van der Waals surface area contributed by atoms with Crippen molar-refractivity contribution in [3.8, 4) is 11.5 Å². The molecule has 31 heavy (non-hydrogen) atoms. The monoisotopic (exact) mass is 442 g/mol. The van der Waals surface area contributed by atoms with Crippen LogP contribution in [0, 0.1) is 5.92 Å². The van der Waals surface area contributed by atoms with Crippen molar-refractivity contribution in [2.45, 2.75) is 51.3 Å². The van der Waals surface area contributed by atoms with Crippen molar-refractivity contribution in [3.63, 3.8) is 0 Å². The molecule has 1 amide bonds. The lowest BCUT2D eigenvalue weighted by Gasteiger charge is -2.39. The molecular weight excluding hydrogens is 412 g/mol. The first-order valence-electron chi connectivity index (χ1n) is 11.0. The van der Waals surface area contributed by atoms with Crippen LogP contribution in [0.25, 0.3) is 0 Å². The second-order valence-electron chi connectivity index (χ2n) is 9.21. The number of rotatable bonds is 5. The summed E-state index contributed by atoms with van der Waals surface area (Å²) in [5.74, 6) is 1.78. The molecule has 0 unspecified atom stereocenters. The quantitative estimate of drug-likeness (QED) is 0.709. The average Bonchev–Trinajstić information content (AvgIpc) is 2.75. The molecule has 1 fully saturated rings. The van der Waals surface area contributed by atoms with Gasteiger partial charge in [0, 0.05) is 29.5 Å². The van der Waals surface area contributed by atoms with Crippen LogP contribution in [0.1, 0.15) is 50.3 Å². The molecule has 0 saturated carbocycles. The van der Waals surface area contributed by atoms with Crippen LogP contribution in [-0.2, 0) is 11.3 Å². The maximum Gasteiger partial charge on any atom is 0.223 e. The zero-order chi connectivity index (χ0) is 22.0. The van der Waals surface area contributed by atoms with Crippen molar-refractivity contribution in [3.05, 3.63) is 58.6 Å². The molecule has 4 rings (SSSR count). The number of benzene rings is 2. The minimum Gasteiger partial charge on any atom is -0.497 e. The molecule has 0 aromatic heterocycles. The molecule has 0 radical (unpaired) electrons. The molecule has 6 heteroatoms. The van der Waals surface area contributed by atoms with Gasteiger partial charge in [-0.3, -0.25) is 9.69 Å². The molecule has 0 aliphatic carbocycles. The van der Waals surface area contributed by atoms with Gasteiger partial charge in [0.25, 0.3) is 0 Å². The van der Waals surface area contributed by atoms with Gasteiger partial charge in [0.2, 0.25) is 5.91 Å². The minimum absolute atomic E-state index is 0.0430. The molecular formula is C25H31ClN2O3. The average molecular weight is 443 g/mol. The number of fused-ring (bicyclic) bond motifs is 1. The van der Waals surface area contributed by atoms with Gasteiger partial charge in [-0.05, 0) is 75.7 Å². The van der Waals surface area contributed by atoms with E-state index < -0.39 is 0 Å². The first kappa shape index (κ1) is 22.0. The zero-order valence-electron chi connectivity index (χ0n) is 18.5. The summed E-state index contributed by atoms with van der Waals surface area (Å²) in [6.07, 6.45) is 2.47. The zero-order valence-corrected chi connectivity index (χ0v) is 19.2. The topological polar surface area (TPSA) is 50.8 Å². The summed E-state index contributed by atoms with van der Waals surface area (Å²) in [6.45, 7) is 6.87. The van der Waals surface area contributed by atoms with Gasteiger partial charge in [-0.25, -0.2) is 0 Å². The van der Waals surface area contributed by atoms with Crippen molar-refractivity contribution in [2.75, 3.05) is 20.2 Å². The summed E-state index contributed by atoms with van der Waals surface area (Å²) in [5.41, 5.74) is 1.91. The predicted octanol–water partition coefficient (Wildman–Crippen LogP) is 4.98. The fraction of sp³-hybridized carbons (Fsp3) is 0.480. The Hall–Kier alpha value is -2.24. The van der Waals surface area contributed by atoms with E-state index in [1.807, 2.05) is 30.3 Å². The third kappa shape index (κ3) is 5.34. The van der Waals surface area contributed by atoms with E-state index in [0.29, 0.717) is 0 Å². The van der Waals surface area contributed by atoms with Crippen LogP contribution in [0.4, 0.5) is 0 Å². The highest BCUT2D eigenvalue weighted by Crippen LogP contribution is 2.41. The fourth-order valence-corrected chi connectivity index (χ4v) is 4.71. The standard InChI is InChI=1S/C25H31ClN2O3/c1-25(2)15-22(21-14-20(30-3)8-9-23(21)31-25)27-24(29)18-10-12-28(13-11-18)16-17-4-6-19(26)7-5-17/h4-9,14,18,22H,10-13,15-16H2,1-3H3,(H,27,29)/t22-/m1/s1. The van der Waals surface area contributed by atoms with E-state index in [0.717, 1.165) is 61.0 Å². The van der Waals surface area contributed by atoms with Gasteiger partial charge in [-0.1, -0.05) is 23.7 Å². The minimum atomic E-state index is -0.332. The molecule has 1 atom stereocenters. The predicted molar refractivity (Wildman–Crippen MR) is 123 cm³/mol. The Kier molecular flexibility index (Phi) is 6.44. The normalized spacial score (nSPS) is 21.1. The van der Waals surface area contributed by atoms with Gasteiger partial charge >= 0.3 is 0 Å². The second kappa shape index (κ2) is 9.09. The van der Waals surface area contributed by atoms with Gasteiger partial charge in [-0.15, -0.1) is 0 Å². The number of nitrogens with zero attached hydrogens (tertiary/aromatic N) is 1. The molecule has 5 nitrogen and oxygen atoms in total. The highest BCUT2D eigenvalue weighted by atomic mass is 35.5. The smallest absolute Gasteiger partial charge is 0.223 e. The molecule has 0 spiro atoms. The Labute approximate surface area is 189 Å². The molecule has 2 aromatic carbocycles. The molecule has 0 bridgehead atoms. The number of methoxy groups -OCH3 is 1. The molecule has 2 heterocycles. The van der Waals surface area contributed by atoms with Gasteiger partial charge in [-0.2, -0.15) is 0 Å². The lowest BCUT2D eigenvalue weighted by Crippen LogP contribution is -2.45. The van der Waals surface area contributed by atoms with Gasteiger partial charge in [0.15, 0.2) is 0 Å². The summed E-state index contributed by atoms with van der Waals surface area (Å²) in [6, 6.07) is 13.7. The SMILES string of the molecule is COc1ccc2c(c1)[C@H](NC(=O)C1CCN(Cc3ccc(Cl)cc3)CC1)CC(C)(C)O2. The Morgan fingerprint density at radius 1 is 1.19 bits per heavy atom. The van der Waals surface area contributed by atoms with Crippen LogP contribution in [0.5, 0.6) is 11.5 Å². The van der Waals surface area contributed by atoms with Crippen molar-refractivity contribution < 1.29 is 14.3 Å². The molecule has 2 aromatic rings. The lowest BCUT2D eigenvalue weighted by atomic mass is 9.88. The molecule has 1 N–H and O–H groups in total. The summed E-state index contributed by atoms with van der Waals surface area (Å²) in [5, 5.41) is 4.07. The number of carbonyl (C=O) groups is 1. The molecule has 2 aliphatic rings. The number of hydrogen-bond acceptors (Lipinski definition) is 4. The number of likely N-dealkylation sites (tertiary alicyclic amines) is 1. The van der Waals surface area contributed by atoms with E-state index in [-0.39, 0.29) is 23.5 Å². The van der Waals surface area contributed by atoms with E-state index >= 15 is 0 Å². The summed E-state index contributed by atoms with van der Waals surface area (Å²) in [4.78, 5) is 15.5. The number of ether oxygens (including phenoxy) is 2. The first-order valence-corrected chi connectivity index (χ1v) is 11.3. The molecule has 1 saturated heterocycles. The van der Waals surface area contributed by atoms with Crippen LogP contribution < -0.4 is 14.8 Å². The fourth-order valence-electron chi connectivity index (χ4n) is 4.58. The number of amides is 1. The van der Waals surface area contributed by atoms with E-state index in [1.165, 1.54) is 5.56 Å². The molecule has 2 aliphatic heterocycles. The van der Waals surface area contributed by atoms with E-state index in [9.17, 15) is 4.79 Å². The van der Waals surface area contributed by atoms with Crippen molar-refractivity contribution in [2.24, 2.45) is 5.92 Å². The highest BCUT2D eigenvalue weighted by Gasteiger charge is 2.36. The largest absolute Gasteiger partial charge is 0.497 e. The van der Waals surface area contributed by atoms with Crippen LogP contribution in [-0.4, -0.2) is 36.6 Å². The highest BCUT2D eigenvalue weighted by molar-refractivity contribution is 6.30. The Balaban J connectivity index is 1.37. The number of nitrogens with one attached hydrogen (secondary N) is 1. The van der Waals surface area contributed by atoms with Crippen molar-refractivity contribution in [1.82, 2.24) is 10.2 Å². The number of piperidine rings is 1. The Morgan fingerprint density at radius 3 is 2.58 bits per heavy atom.